The molecule has 0 aromatic rings. The number of morpholine rings is 1. The number of likely N-dealkylation sites (N-methyl/N-ethyl adjacent to an activating group) is 1. The van der Waals surface area contributed by atoms with Crippen LogP contribution in [0.1, 0.15) is 27.7 Å². The molecule has 0 aromatic carbocycles. The first-order chi connectivity index (χ1) is 5.70. The highest BCUT2D eigenvalue weighted by molar-refractivity contribution is 5.97. The van der Waals surface area contributed by atoms with Crippen LogP contribution < -0.4 is 0 Å². The third kappa shape index (κ3) is 1.25. The van der Waals surface area contributed by atoms with Crippen molar-refractivity contribution in [2.45, 2.75) is 38.8 Å². The molecule has 0 aliphatic carbocycles. The third-order valence-electron chi connectivity index (χ3n) is 2.86. The number of rotatable bonds is 0. The van der Waals surface area contributed by atoms with Crippen molar-refractivity contribution in [1.29, 1.82) is 0 Å². The summed E-state index contributed by atoms with van der Waals surface area (Å²) in [5, 5.41) is 0. The van der Waals surface area contributed by atoms with Gasteiger partial charge in [-0.2, -0.15) is 0 Å². The largest absolute Gasteiger partial charge is 0.390 e. The topological polar surface area (TPSA) is 46.6 Å². The Morgan fingerprint density at radius 1 is 1.00 bits per heavy atom. The van der Waals surface area contributed by atoms with Crippen LogP contribution in [-0.2, 0) is 14.3 Å². The minimum absolute atomic E-state index is 0.487. The molecule has 0 aromatic heterocycles. The predicted molar refractivity (Wildman–Crippen MR) is 47.0 cm³/mol. The van der Waals surface area contributed by atoms with Gasteiger partial charge >= 0.3 is 11.9 Å². The van der Waals surface area contributed by atoms with Crippen LogP contribution in [0.25, 0.3) is 0 Å². The molecule has 0 saturated carbocycles. The SMILES string of the molecule is CN1C(C)(C)C(=O)OC(=O)C1(C)C. The Bertz CT molecular complexity index is 242. The Labute approximate surface area is 77.8 Å². The van der Waals surface area contributed by atoms with E-state index in [0.717, 1.165) is 0 Å². The first-order valence-electron chi connectivity index (χ1n) is 4.21. The molecule has 0 atom stereocenters. The lowest BCUT2D eigenvalue weighted by molar-refractivity contribution is -0.189. The minimum atomic E-state index is -0.739. The number of esters is 2. The second-order valence-corrected chi connectivity index (χ2v) is 4.35. The summed E-state index contributed by atoms with van der Waals surface area (Å²) in [4.78, 5) is 24.4. The molecule has 4 heteroatoms. The quantitative estimate of drug-likeness (QED) is 0.408. The van der Waals surface area contributed by atoms with E-state index >= 15 is 0 Å². The lowest BCUT2D eigenvalue weighted by atomic mass is 9.91. The Morgan fingerprint density at radius 2 is 1.31 bits per heavy atom. The zero-order valence-corrected chi connectivity index (χ0v) is 8.67. The molecule has 1 fully saturated rings. The van der Waals surface area contributed by atoms with Crippen molar-refractivity contribution in [3.8, 4) is 0 Å². The summed E-state index contributed by atoms with van der Waals surface area (Å²) in [6.45, 7) is 6.96. The van der Waals surface area contributed by atoms with E-state index in [1.807, 2.05) is 0 Å². The summed E-state index contributed by atoms with van der Waals surface area (Å²) in [7, 11) is 1.75. The highest BCUT2D eigenvalue weighted by Crippen LogP contribution is 2.30. The Morgan fingerprint density at radius 3 is 1.62 bits per heavy atom. The summed E-state index contributed by atoms with van der Waals surface area (Å²) in [5.41, 5.74) is -1.48. The van der Waals surface area contributed by atoms with E-state index in [2.05, 4.69) is 4.74 Å². The Hall–Kier alpha value is -0.900. The van der Waals surface area contributed by atoms with Gasteiger partial charge in [-0.25, -0.2) is 9.59 Å². The molecule has 0 unspecified atom stereocenters. The first-order valence-corrected chi connectivity index (χ1v) is 4.21. The van der Waals surface area contributed by atoms with Gasteiger partial charge in [-0.1, -0.05) is 0 Å². The number of hydrogen-bond donors (Lipinski definition) is 0. The molecule has 0 radical (unpaired) electrons. The Kier molecular flexibility index (Phi) is 1.99. The molecule has 74 valence electrons. The van der Waals surface area contributed by atoms with Gasteiger partial charge in [-0.15, -0.1) is 0 Å². The molecule has 1 saturated heterocycles. The lowest BCUT2D eigenvalue weighted by Gasteiger charge is -2.46. The van der Waals surface area contributed by atoms with Crippen molar-refractivity contribution in [3.63, 3.8) is 0 Å². The normalized spacial score (nSPS) is 27.2. The average molecular weight is 185 g/mol. The molecule has 0 bridgehead atoms. The standard InChI is InChI=1S/C9H15NO3/c1-8(2)6(11)13-7(12)9(3,4)10(8)5/h1-5H3. The number of hydrogen-bond acceptors (Lipinski definition) is 4. The van der Waals surface area contributed by atoms with Gasteiger partial charge in [0, 0.05) is 0 Å². The van der Waals surface area contributed by atoms with Gasteiger partial charge in [-0.05, 0) is 34.7 Å². The fourth-order valence-electron chi connectivity index (χ4n) is 1.31. The highest BCUT2D eigenvalue weighted by atomic mass is 16.6. The van der Waals surface area contributed by atoms with Crippen molar-refractivity contribution >= 4 is 11.9 Å². The van der Waals surface area contributed by atoms with Crippen LogP contribution in [-0.4, -0.2) is 35.0 Å². The Balaban J connectivity index is 3.11. The molecule has 1 rings (SSSR count). The van der Waals surface area contributed by atoms with E-state index in [9.17, 15) is 9.59 Å². The van der Waals surface area contributed by atoms with Gasteiger partial charge in [-0.3, -0.25) is 4.90 Å². The minimum Gasteiger partial charge on any atom is -0.390 e. The number of carbonyl (C=O) groups is 2. The van der Waals surface area contributed by atoms with Gasteiger partial charge < -0.3 is 4.74 Å². The maximum absolute atomic E-state index is 11.3. The summed E-state index contributed by atoms with van der Waals surface area (Å²) in [5.74, 6) is -0.973. The fraction of sp³-hybridized carbons (Fsp3) is 0.778. The molecule has 4 nitrogen and oxygen atoms in total. The lowest BCUT2D eigenvalue weighted by Crippen LogP contribution is -2.66. The van der Waals surface area contributed by atoms with E-state index in [1.165, 1.54) is 0 Å². The smallest absolute Gasteiger partial charge is 0.333 e. The molecule has 0 amide bonds. The van der Waals surface area contributed by atoms with Crippen LogP contribution in [0.3, 0.4) is 0 Å². The summed E-state index contributed by atoms with van der Waals surface area (Å²) < 4.78 is 4.67. The second-order valence-electron chi connectivity index (χ2n) is 4.35. The van der Waals surface area contributed by atoms with E-state index in [4.69, 9.17) is 0 Å². The predicted octanol–water partition coefficient (Wildman–Crippen LogP) is 0.559. The van der Waals surface area contributed by atoms with Crippen LogP contribution in [0.4, 0.5) is 0 Å². The molecule has 0 spiro atoms. The van der Waals surface area contributed by atoms with Gasteiger partial charge in [0.25, 0.3) is 0 Å². The van der Waals surface area contributed by atoms with Crippen LogP contribution in [0.2, 0.25) is 0 Å². The van der Waals surface area contributed by atoms with Gasteiger partial charge in [0.05, 0.1) is 0 Å². The van der Waals surface area contributed by atoms with Crippen molar-refractivity contribution in [3.05, 3.63) is 0 Å². The third-order valence-corrected chi connectivity index (χ3v) is 2.86. The average Bonchev–Trinajstić information content (AvgIpc) is 2.00. The van der Waals surface area contributed by atoms with Crippen LogP contribution in [0.5, 0.6) is 0 Å². The van der Waals surface area contributed by atoms with Crippen LogP contribution >= 0.6 is 0 Å². The highest BCUT2D eigenvalue weighted by Gasteiger charge is 2.51. The molecule has 0 N–H and O–H groups in total. The van der Waals surface area contributed by atoms with E-state index in [0.29, 0.717) is 0 Å². The number of cyclic esters (lactones) is 2. The van der Waals surface area contributed by atoms with E-state index in [-0.39, 0.29) is 0 Å². The zero-order chi connectivity index (χ0) is 10.4. The number of carbonyl (C=O) groups excluding carboxylic acids is 2. The first kappa shape index (κ1) is 10.2. The number of nitrogens with zero attached hydrogens (tertiary/aromatic N) is 1. The summed E-state index contributed by atoms with van der Waals surface area (Å²) >= 11 is 0. The molecule has 1 heterocycles. The van der Waals surface area contributed by atoms with Gasteiger partial charge in [0.2, 0.25) is 0 Å². The van der Waals surface area contributed by atoms with Crippen molar-refractivity contribution < 1.29 is 14.3 Å². The van der Waals surface area contributed by atoms with Crippen LogP contribution in [0, 0.1) is 0 Å². The monoisotopic (exact) mass is 185 g/mol. The molecule has 1 aliphatic heterocycles. The maximum Gasteiger partial charge on any atom is 0.333 e. The van der Waals surface area contributed by atoms with E-state index < -0.39 is 23.0 Å². The van der Waals surface area contributed by atoms with Crippen molar-refractivity contribution in [2.24, 2.45) is 0 Å². The number of ether oxygens (including phenoxy) is 1. The maximum atomic E-state index is 11.3. The fourth-order valence-corrected chi connectivity index (χ4v) is 1.31. The van der Waals surface area contributed by atoms with Gasteiger partial charge in [0.1, 0.15) is 11.1 Å². The van der Waals surface area contributed by atoms with Crippen molar-refractivity contribution in [2.75, 3.05) is 7.05 Å². The zero-order valence-electron chi connectivity index (χ0n) is 8.67. The molecule has 13 heavy (non-hydrogen) atoms. The van der Waals surface area contributed by atoms with E-state index in [1.54, 1.807) is 39.6 Å². The molecular formula is C9H15NO3. The van der Waals surface area contributed by atoms with Crippen LogP contribution in [0.15, 0.2) is 0 Å². The summed E-state index contributed by atoms with van der Waals surface area (Å²) in [6.07, 6.45) is 0. The van der Waals surface area contributed by atoms with Gasteiger partial charge in [0.15, 0.2) is 0 Å². The second kappa shape index (κ2) is 2.54. The molecular weight excluding hydrogens is 170 g/mol. The molecule has 1 aliphatic rings. The summed E-state index contributed by atoms with van der Waals surface area (Å²) in [6, 6.07) is 0. The van der Waals surface area contributed by atoms with Crippen molar-refractivity contribution in [1.82, 2.24) is 4.90 Å².